The minimum Gasteiger partial charge on any atom is -0.497 e. The van der Waals surface area contributed by atoms with Crippen molar-refractivity contribution in [1.82, 2.24) is 4.98 Å². The van der Waals surface area contributed by atoms with Gasteiger partial charge in [0.25, 0.3) is 11.7 Å². The molecule has 1 aliphatic rings. The molecule has 0 unspecified atom stereocenters. The van der Waals surface area contributed by atoms with E-state index in [2.05, 4.69) is 15.6 Å². The lowest BCUT2D eigenvalue weighted by atomic mass is 10.1. The molecule has 2 aromatic carbocycles. The highest BCUT2D eigenvalue weighted by molar-refractivity contribution is 6.54. The first-order valence-electron chi connectivity index (χ1n) is 7.95. The molecule has 1 aromatic heterocycles. The Bertz CT molecular complexity index is 1140. The number of carbonyl (C=O) groups excluding carboxylic acids is 2. The number of methoxy groups -OCH3 is 1. The predicted octanol–water partition coefficient (Wildman–Crippen LogP) is 2.82. The zero-order valence-electron chi connectivity index (χ0n) is 14.1. The molecular weight excluding hydrogens is 350 g/mol. The number of benzene rings is 2. The van der Waals surface area contributed by atoms with Crippen molar-refractivity contribution in [2.24, 2.45) is 0 Å². The molecule has 2 heterocycles. The molecule has 3 N–H and O–H groups in total. The molecule has 1 aliphatic heterocycles. The molecule has 27 heavy (non-hydrogen) atoms. The van der Waals surface area contributed by atoms with Crippen LogP contribution in [0.2, 0.25) is 0 Å². The van der Waals surface area contributed by atoms with Crippen molar-refractivity contribution in [3.8, 4) is 5.75 Å². The second kappa shape index (κ2) is 6.10. The van der Waals surface area contributed by atoms with Crippen LogP contribution in [0.25, 0.3) is 10.9 Å². The maximum atomic E-state index is 12.3. The maximum absolute atomic E-state index is 12.3. The molecule has 8 heteroatoms. The lowest BCUT2D eigenvalue weighted by Crippen LogP contribution is -2.13. The Morgan fingerprint density at radius 3 is 2.74 bits per heavy atom. The highest BCUT2D eigenvalue weighted by atomic mass is 16.5. The molecule has 1 amide bonds. The fourth-order valence-corrected chi connectivity index (χ4v) is 2.96. The fourth-order valence-electron chi connectivity index (χ4n) is 2.96. The molecule has 4 rings (SSSR count). The average Bonchev–Trinajstić information content (AvgIpc) is 2.96. The highest BCUT2D eigenvalue weighted by Gasteiger charge is 2.34. The molecule has 0 saturated heterocycles. The largest absolute Gasteiger partial charge is 0.497 e. The van der Waals surface area contributed by atoms with Crippen LogP contribution in [0.4, 0.5) is 17.2 Å². The highest BCUT2D eigenvalue weighted by Crippen LogP contribution is 2.37. The topological polar surface area (TPSA) is 118 Å². The number of aromatic nitrogens is 1. The van der Waals surface area contributed by atoms with Crippen molar-refractivity contribution in [3.05, 3.63) is 53.6 Å². The van der Waals surface area contributed by atoms with E-state index in [-0.39, 0.29) is 16.9 Å². The number of hydrogen-bond acceptors (Lipinski definition) is 6. The van der Waals surface area contributed by atoms with E-state index in [1.165, 1.54) is 25.3 Å². The van der Waals surface area contributed by atoms with Crippen LogP contribution in [-0.4, -0.2) is 34.9 Å². The van der Waals surface area contributed by atoms with Crippen LogP contribution >= 0.6 is 0 Å². The maximum Gasteiger partial charge on any atom is 0.335 e. The number of rotatable bonds is 4. The first-order valence-corrected chi connectivity index (χ1v) is 7.95. The lowest BCUT2D eigenvalue weighted by Gasteiger charge is -2.12. The molecule has 0 atom stereocenters. The number of fused-ring (bicyclic) bond motifs is 3. The van der Waals surface area contributed by atoms with Crippen molar-refractivity contribution in [2.45, 2.75) is 0 Å². The van der Waals surface area contributed by atoms with Crippen LogP contribution in [0.15, 0.2) is 42.5 Å². The Morgan fingerprint density at radius 2 is 2.00 bits per heavy atom. The summed E-state index contributed by atoms with van der Waals surface area (Å²) in [7, 11) is 1.53. The number of nitrogens with one attached hydrogen (secondary N) is 2. The Labute approximate surface area is 152 Å². The number of hydrogen-bond donors (Lipinski definition) is 3. The quantitative estimate of drug-likeness (QED) is 0.610. The lowest BCUT2D eigenvalue weighted by molar-refractivity contribution is -0.112. The summed E-state index contributed by atoms with van der Waals surface area (Å²) in [6, 6.07) is 11.3. The van der Waals surface area contributed by atoms with E-state index in [9.17, 15) is 19.5 Å². The first kappa shape index (κ1) is 16.5. The minimum absolute atomic E-state index is 0.0536. The van der Waals surface area contributed by atoms with Gasteiger partial charge in [0.2, 0.25) is 0 Å². The summed E-state index contributed by atoms with van der Waals surface area (Å²) in [6.07, 6.45) is 0. The van der Waals surface area contributed by atoms with E-state index in [0.29, 0.717) is 28.0 Å². The molecule has 0 bridgehead atoms. The number of aromatic carboxylic acids is 1. The Hall–Kier alpha value is -3.94. The molecule has 134 valence electrons. The second-order valence-corrected chi connectivity index (χ2v) is 5.89. The summed E-state index contributed by atoms with van der Waals surface area (Å²) < 4.78 is 5.18. The number of amides is 1. The van der Waals surface area contributed by atoms with Crippen LogP contribution in [0, 0.1) is 0 Å². The van der Waals surface area contributed by atoms with Gasteiger partial charge in [-0.2, -0.15) is 0 Å². The van der Waals surface area contributed by atoms with Gasteiger partial charge in [0.15, 0.2) is 0 Å². The Balaban J connectivity index is 1.91. The average molecular weight is 363 g/mol. The number of carbonyl (C=O) groups is 3. The first-order chi connectivity index (χ1) is 13.0. The smallest absolute Gasteiger partial charge is 0.335 e. The van der Waals surface area contributed by atoms with Gasteiger partial charge in [-0.1, -0.05) is 6.07 Å². The number of nitrogens with zero attached hydrogens (tertiary/aromatic N) is 1. The van der Waals surface area contributed by atoms with E-state index < -0.39 is 17.7 Å². The van der Waals surface area contributed by atoms with Gasteiger partial charge in [0, 0.05) is 17.1 Å². The van der Waals surface area contributed by atoms with Crippen molar-refractivity contribution in [3.63, 3.8) is 0 Å². The van der Waals surface area contributed by atoms with Crippen LogP contribution in [0.1, 0.15) is 20.7 Å². The van der Waals surface area contributed by atoms with Crippen LogP contribution < -0.4 is 15.4 Å². The number of anilines is 3. The third-order valence-electron chi connectivity index (χ3n) is 4.24. The van der Waals surface area contributed by atoms with Crippen molar-refractivity contribution >= 4 is 45.8 Å². The normalized spacial score (nSPS) is 12.6. The number of carboxylic acids is 1. The van der Waals surface area contributed by atoms with E-state index >= 15 is 0 Å². The number of pyridine rings is 1. The molecule has 0 aliphatic carbocycles. The van der Waals surface area contributed by atoms with Crippen LogP contribution in [-0.2, 0) is 4.79 Å². The van der Waals surface area contributed by atoms with Crippen molar-refractivity contribution in [1.29, 1.82) is 0 Å². The number of Topliss-reactive ketones (excluding diaryl/α,β-unsaturated/α-hetero) is 1. The van der Waals surface area contributed by atoms with Crippen molar-refractivity contribution in [2.75, 3.05) is 17.7 Å². The van der Waals surface area contributed by atoms with Gasteiger partial charge in [-0.3, -0.25) is 9.59 Å². The van der Waals surface area contributed by atoms with Gasteiger partial charge in [-0.25, -0.2) is 9.78 Å². The fraction of sp³-hybridized carbons (Fsp3) is 0.0526. The molecule has 0 fully saturated rings. The van der Waals surface area contributed by atoms with Gasteiger partial charge in [-0.15, -0.1) is 0 Å². The standard InChI is InChI=1S/C19H13N3O5/c1-27-11-4-2-3-10(8-11)20-17-14-15(22-18(24)16(14)23)12-6-5-9(19(25)26)7-13(12)21-17/h2-8H,1H3,(H,20,21)(H,25,26)(H,22,23,24). The zero-order chi connectivity index (χ0) is 19.1. The van der Waals surface area contributed by atoms with E-state index in [4.69, 9.17) is 4.74 Å². The van der Waals surface area contributed by atoms with Gasteiger partial charge < -0.3 is 20.5 Å². The SMILES string of the molecule is COc1cccc(Nc2nc3cc(C(=O)O)ccc3c3c2C(=O)C(=O)N3)c1. The van der Waals surface area contributed by atoms with E-state index in [1.54, 1.807) is 24.3 Å². The van der Waals surface area contributed by atoms with Gasteiger partial charge >= 0.3 is 5.97 Å². The summed E-state index contributed by atoms with van der Waals surface area (Å²) in [5.74, 6) is -1.79. The third kappa shape index (κ3) is 2.73. The monoisotopic (exact) mass is 363 g/mol. The van der Waals surface area contributed by atoms with E-state index in [1.807, 2.05) is 0 Å². The van der Waals surface area contributed by atoms with Gasteiger partial charge in [0.1, 0.15) is 11.6 Å². The Kier molecular flexibility index (Phi) is 3.73. The third-order valence-corrected chi connectivity index (χ3v) is 4.24. The van der Waals surface area contributed by atoms with Crippen LogP contribution in [0.3, 0.4) is 0 Å². The van der Waals surface area contributed by atoms with E-state index in [0.717, 1.165) is 0 Å². The molecule has 0 radical (unpaired) electrons. The zero-order valence-corrected chi connectivity index (χ0v) is 14.1. The predicted molar refractivity (Wildman–Crippen MR) is 97.9 cm³/mol. The summed E-state index contributed by atoms with van der Waals surface area (Å²) in [4.78, 5) is 39.9. The second-order valence-electron chi connectivity index (χ2n) is 5.89. The van der Waals surface area contributed by atoms with Crippen LogP contribution in [0.5, 0.6) is 5.75 Å². The summed E-state index contributed by atoms with van der Waals surface area (Å²) in [5, 5.41) is 15.3. The summed E-state index contributed by atoms with van der Waals surface area (Å²) in [6.45, 7) is 0. The summed E-state index contributed by atoms with van der Waals surface area (Å²) in [5.41, 5.74) is 1.44. The number of carboxylic acid groups (broad SMARTS) is 1. The molecule has 8 nitrogen and oxygen atoms in total. The van der Waals surface area contributed by atoms with Crippen molar-refractivity contribution < 1.29 is 24.2 Å². The number of ether oxygens (including phenoxy) is 1. The molecule has 0 spiro atoms. The number of ketones is 1. The summed E-state index contributed by atoms with van der Waals surface area (Å²) >= 11 is 0. The molecular formula is C19H13N3O5. The molecule has 0 saturated carbocycles. The Morgan fingerprint density at radius 1 is 1.19 bits per heavy atom. The minimum atomic E-state index is -1.10. The molecule has 3 aromatic rings. The van der Waals surface area contributed by atoms with Gasteiger partial charge in [0.05, 0.1) is 29.4 Å². The van der Waals surface area contributed by atoms with Gasteiger partial charge in [-0.05, 0) is 30.3 Å².